The first-order valence-electron chi connectivity index (χ1n) is 5.57. The van der Waals surface area contributed by atoms with Crippen molar-refractivity contribution in [3.63, 3.8) is 0 Å². The van der Waals surface area contributed by atoms with Crippen LogP contribution >= 0.6 is 27.7 Å². The Bertz CT molecular complexity index is 368. The van der Waals surface area contributed by atoms with E-state index in [1.54, 1.807) is 7.11 Å². The molecule has 0 aromatic heterocycles. The van der Waals surface area contributed by atoms with Gasteiger partial charge in [0.2, 0.25) is 0 Å². The lowest BCUT2D eigenvalue weighted by molar-refractivity contribution is 0.407. The number of halogens is 1. The Morgan fingerprint density at radius 1 is 1.41 bits per heavy atom. The zero-order valence-electron chi connectivity index (χ0n) is 10.8. The molecule has 0 saturated carbocycles. The van der Waals surface area contributed by atoms with Crippen molar-refractivity contribution in [3.8, 4) is 5.75 Å². The molecular weight excluding hydrogens is 298 g/mol. The van der Waals surface area contributed by atoms with Gasteiger partial charge in [-0.05, 0) is 38.3 Å². The molecule has 4 heteroatoms. The Morgan fingerprint density at radius 3 is 2.71 bits per heavy atom. The third kappa shape index (κ3) is 4.90. The lowest BCUT2D eigenvalue weighted by Gasteiger charge is -2.22. The van der Waals surface area contributed by atoms with Crippen molar-refractivity contribution < 1.29 is 4.74 Å². The van der Waals surface area contributed by atoms with Crippen LogP contribution in [-0.4, -0.2) is 24.7 Å². The van der Waals surface area contributed by atoms with E-state index >= 15 is 0 Å². The van der Waals surface area contributed by atoms with Crippen molar-refractivity contribution in [1.82, 2.24) is 5.32 Å². The van der Waals surface area contributed by atoms with Crippen LogP contribution in [-0.2, 0) is 6.54 Å². The summed E-state index contributed by atoms with van der Waals surface area (Å²) in [5, 5.41) is 3.47. The second-order valence-electron chi connectivity index (χ2n) is 4.52. The van der Waals surface area contributed by atoms with Gasteiger partial charge in [-0.25, -0.2) is 0 Å². The number of benzene rings is 1. The third-order valence-electron chi connectivity index (χ3n) is 2.66. The standard InChI is InChI=1S/C13H20BrNOS/c1-13(2,17-4)9-15-8-10-7-11(14)5-6-12(10)16-3/h5-7,15H,8-9H2,1-4H3. The summed E-state index contributed by atoms with van der Waals surface area (Å²) in [6, 6.07) is 6.08. The van der Waals surface area contributed by atoms with Crippen molar-refractivity contribution in [3.05, 3.63) is 28.2 Å². The maximum atomic E-state index is 5.34. The minimum Gasteiger partial charge on any atom is -0.496 e. The van der Waals surface area contributed by atoms with Crippen LogP contribution in [0, 0.1) is 0 Å². The average molecular weight is 318 g/mol. The van der Waals surface area contributed by atoms with E-state index in [1.165, 1.54) is 5.56 Å². The van der Waals surface area contributed by atoms with Gasteiger partial charge in [-0.15, -0.1) is 0 Å². The lowest BCUT2D eigenvalue weighted by Crippen LogP contribution is -2.31. The molecule has 1 aromatic rings. The largest absolute Gasteiger partial charge is 0.496 e. The van der Waals surface area contributed by atoms with Crippen LogP contribution in [0.5, 0.6) is 5.75 Å². The predicted molar refractivity (Wildman–Crippen MR) is 80.0 cm³/mol. The van der Waals surface area contributed by atoms with Gasteiger partial charge in [0.15, 0.2) is 0 Å². The molecule has 0 fully saturated rings. The lowest BCUT2D eigenvalue weighted by atomic mass is 10.1. The van der Waals surface area contributed by atoms with Crippen LogP contribution in [0.1, 0.15) is 19.4 Å². The molecule has 0 spiro atoms. The van der Waals surface area contributed by atoms with Gasteiger partial charge in [0.1, 0.15) is 5.75 Å². The first kappa shape index (κ1) is 14.9. The summed E-state index contributed by atoms with van der Waals surface area (Å²) in [7, 11) is 1.71. The van der Waals surface area contributed by atoms with Crippen LogP contribution in [0.15, 0.2) is 22.7 Å². The summed E-state index contributed by atoms with van der Waals surface area (Å²) in [6.07, 6.45) is 2.14. The number of methoxy groups -OCH3 is 1. The molecule has 0 bridgehead atoms. The van der Waals surface area contributed by atoms with E-state index in [0.29, 0.717) is 0 Å². The molecule has 1 aromatic carbocycles. The van der Waals surface area contributed by atoms with Crippen molar-refractivity contribution >= 4 is 27.7 Å². The highest BCUT2D eigenvalue weighted by Crippen LogP contribution is 2.24. The molecule has 0 unspecified atom stereocenters. The quantitative estimate of drug-likeness (QED) is 0.864. The minimum atomic E-state index is 0.263. The highest BCUT2D eigenvalue weighted by molar-refractivity contribution is 9.10. The molecule has 1 rings (SSSR count). The van der Waals surface area contributed by atoms with E-state index in [9.17, 15) is 0 Å². The molecular formula is C13H20BrNOS. The number of thioether (sulfide) groups is 1. The summed E-state index contributed by atoms with van der Waals surface area (Å²) >= 11 is 5.36. The SMILES string of the molecule is COc1ccc(Br)cc1CNCC(C)(C)SC. The van der Waals surface area contributed by atoms with E-state index in [1.807, 2.05) is 23.9 Å². The van der Waals surface area contributed by atoms with Crippen LogP contribution in [0.3, 0.4) is 0 Å². The van der Waals surface area contributed by atoms with Crippen LogP contribution < -0.4 is 10.1 Å². The fourth-order valence-electron chi connectivity index (χ4n) is 1.46. The van der Waals surface area contributed by atoms with Gasteiger partial charge in [-0.1, -0.05) is 15.9 Å². The van der Waals surface area contributed by atoms with E-state index < -0.39 is 0 Å². The smallest absolute Gasteiger partial charge is 0.123 e. The zero-order chi connectivity index (χ0) is 12.9. The Balaban J connectivity index is 2.59. The molecule has 0 saturated heterocycles. The summed E-state index contributed by atoms with van der Waals surface area (Å²) in [4.78, 5) is 0. The molecule has 0 amide bonds. The summed E-state index contributed by atoms with van der Waals surface area (Å²) in [5.41, 5.74) is 1.18. The molecule has 0 heterocycles. The summed E-state index contributed by atoms with van der Waals surface area (Å²) in [5.74, 6) is 0.933. The maximum Gasteiger partial charge on any atom is 0.123 e. The molecule has 0 radical (unpaired) electrons. The van der Waals surface area contributed by atoms with Gasteiger partial charge < -0.3 is 10.1 Å². The Morgan fingerprint density at radius 2 is 2.12 bits per heavy atom. The van der Waals surface area contributed by atoms with E-state index in [2.05, 4.69) is 47.4 Å². The number of hydrogen-bond donors (Lipinski definition) is 1. The van der Waals surface area contributed by atoms with Gasteiger partial charge >= 0.3 is 0 Å². The molecule has 0 aliphatic heterocycles. The van der Waals surface area contributed by atoms with Crippen LogP contribution in [0.25, 0.3) is 0 Å². The molecule has 2 nitrogen and oxygen atoms in total. The van der Waals surface area contributed by atoms with Gasteiger partial charge in [0.05, 0.1) is 7.11 Å². The Kier molecular flexibility index (Phi) is 5.83. The highest BCUT2D eigenvalue weighted by atomic mass is 79.9. The normalized spacial score (nSPS) is 11.6. The summed E-state index contributed by atoms with van der Waals surface area (Å²) in [6.45, 7) is 6.28. The van der Waals surface area contributed by atoms with Gasteiger partial charge in [-0.2, -0.15) is 11.8 Å². The minimum absolute atomic E-state index is 0.263. The summed E-state index contributed by atoms with van der Waals surface area (Å²) < 4.78 is 6.69. The van der Waals surface area contributed by atoms with Crippen molar-refractivity contribution in [2.75, 3.05) is 19.9 Å². The fourth-order valence-corrected chi connectivity index (χ4v) is 2.11. The first-order valence-corrected chi connectivity index (χ1v) is 7.58. The molecule has 96 valence electrons. The predicted octanol–water partition coefficient (Wildman–Crippen LogP) is 3.69. The van der Waals surface area contributed by atoms with Crippen molar-refractivity contribution in [2.45, 2.75) is 25.1 Å². The van der Waals surface area contributed by atoms with E-state index in [4.69, 9.17) is 4.74 Å². The van der Waals surface area contributed by atoms with Crippen LogP contribution in [0.4, 0.5) is 0 Å². The highest BCUT2D eigenvalue weighted by Gasteiger charge is 2.15. The van der Waals surface area contributed by atoms with E-state index in [-0.39, 0.29) is 4.75 Å². The molecule has 0 atom stereocenters. The van der Waals surface area contributed by atoms with Gasteiger partial charge in [0, 0.05) is 27.9 Å². The molecule has 0 aliphatic rings. The first-order chi connectivity index (χ1) is 7.98. The monoisotopic (exact) mass is 317 g/mol. The topological polar surface area (TPSA) is 21.3 Å². The Labute approximate surface area is 117 Å². The maximum absolute atomic E-state index is 5.34. The number of hydrogen-bond acceptors (Lipinski definition) is 3. The van der Waals surface area contributed by atoms with E-state index in [0.717, 1.165) is 23.3 Å². The van der Waals surface area contributed by atoms with Crippen molar-refractivity contribution in [2.24, 2.45) is 0 Å². The average Bonchev–Trinajstić information content (AvgIpc) is 2.29. The zero-order valence-corrected chi connectivity index (χ0v) is 13.2. The van der Waals surface area contributed by atoms with Crippen molar-refractivity contribution in [1.29, 1.82) is 0 Å². The second-order valence-corrected chi connectivity index (χ2v) is 6.95. The fraction of sp³-hybridized carbons (Fsp3) is 0.538. The number of ether oxygens (including phenoxy) is 1. The van der Waals surface area contributed by atoms with Gasteiger partial charge in [-0.3, -0.25) is 0 Å². The number of rotatable bonds is 6. The molecule has 0 aliphatic carbocycles. The van der Waals surface area contributed by atoms with Crippen LogP contribution in [0.2, 0.25) is 0 Å². The van der Waals surface area contributed by atoms with Gasteiger partial charge in [0.25, 0.3) is 0 Å². The Hall–Kier alpha value is -0.190. The third-order valence-corrected chi connectivity index (χ3v) is 4.40. The second kappa shape index (κ2) is 6.66. The number of nitrogens with one attached hydrogen (secondary N) is 1. The molecule has 1 N–H and O–H groups in total. The molecule has 17 heavy (non-hydrogen) atoms.